The van der Waals surface area contributed by atoms with E-state index >= 15 is 0 Å². The van der Waals surface area contributed by atoms with E-state index in [2.05, 4.69) is 4.98 Å². The Balaban J connectivity index is 2.07. The number of nitrogens with zero attached hydrogens (tertiary/aromatic N) is 2. The molecule has 1 aromatic heterocycles. The van der Waals surface area contributed by atoms with Crippen LogP contribution in [-0.4, -0.2) is 28.1 Å². The summed E-state index contributed by atoms with van der Waals surface area (Å²) in [7, 11) is 0. The molecule has 1 saturated heterocycles. The van der Waals surface area contributed by atoms with Gasteiger partial charge in [0.05, 0.1) is 12.2 Å². The Morgan fingerprint density at radius 3 is 2.94 bits per heavy atom. The molecule has 0 N–H and O–H groups in total. The van der Waals surface area contributed by atoms with Crippen LogP contribution in [-0.2, 0) is 4.74 Å². The number of hydrogen-bond donors (Lipinski definition) is 0. The van der Waals surface area contributed by atoms with Crippen molar-refractivity contribution in [1.82, 2.24) is 9.88 Å². The van der Waals surface area contributed by atoms with E-state index in [-0.39, 0.29) is 12.1 Å². The van der Waals surface area contributed by atoms with Crippen molar-refractivity contribution in [2.75, 3.05) is 6.54 Å². The number of hydrogen-bond acceptors (Lipinski definition) is 4. The zero-order valence-corrected chi connectivity index (χ0v) is 10.5. The van der Waals surface area contributed by atoms with Gasteiger partial charge in [0.15, 0.2) is 6.39 Å². The maximum Gasteiger partial charge on any atom is 0.410 e. The third-order valence-electron chi connectivity index (χ3n) is 2.66. The van der Waals surface area contributed by atoms with Crippen LogP contribution in [0.1, 0.15) is 45.4 Å². The highest BCUT2D eigenvalue weighted by Gasteiger charge is 2.34. The molecule has 1 aliphatic rings. The van der Waals surface area contributed by atoms with Crippen LogP contribution in [0.4, 0.5) is 4.79 Å². The van der Waals surface area contributed by atoms with E-state index in [0.717, 1.165) is 18.6 Å². The summed E-state index contributed by atoms with van der Waals surface area (Å²) in [6.07, 6.45) is 4.63. The molecule has 2 heterocycles. The first-order valence-electron chi connectivity index (χ1n) is 5.85. The molecule has 0 saturated carbocycles. The van der Waals surface area contributed by atoms with Gasteiger partial charge in [0, 0.05) is 6.54 Å². The quantitative estimate of drug-likeness (QED) is 0.754. The first-order valence-corrected chi connectivity index (χ1v) is 5.85. The number of amides is 1. The Bertz CT molecular complexity index is 381. The van der Waals surface area contributed by atoms with Gasteiger partial charge in [0.1, 0.15) is 11.4 Å². The Morgan fingerprint density at radius 2 is 2.35 bits per heavy atom. The lowest BCUT2D eigenvalue weighted by Gasteiger charge is -2.27. The first kappa shape index (κ1) is 12.0. The van der Waals surface area contributed by atoms with Gasteiger partial charge in [-0.25, -0.2) is 9.78 Å². The van der Waals surface area contributed by atoms with Gasteiger partial charge < -0.3 is 9.15 Å². The van der Waals surface area contributed by atoms with Crippen molar-refractivity contribution in [2.45, 2.75) is 45.3 Å². The topological polar surface area (TPSA) is 55.6 Å². The maximum absolute atomic E-state index is 12.0. The second kappa shape index (κ2) is 4.39. The van der Waals surface area contributed by atoms with Crippen molar-refractivity contribution in [3.63, 3.8) is 0 Å². The molecule has 1 fully saturated rings. The van der Waals surface area contributed by atoms with Crippen LogP contribution in [0.2, 0.25) is 0 Å². The summed E-state index contributed by atoms with van der Waals surface area (Å²) < 4.78 is 10.6. The minimum Gasteiger partial charge on any atom is -0.446 e. The second-order valence-electron chi connectivity index (χ2n) is 5.24. The van der Waals surface area contributed by atoms with Crippen LogP contribution >= 0.6 is 0 Å². The van der Waals surface area contributed by atoms with E-state index in [4.69, 9.17) is 9.15 Å². The first-order chi connectivity index (χ1) is 7.97. The predicted octanol–water partition coefficient (Wildman–Crippen LogP) is 2.75. The van der Waals surface area contributed by atoms with E-state index in [1.54, 1.807) is 11.1 Å². The lowest BCUT2D eigenvalue weighted by Crippen LogP contribution is -2.36. The number of oxazole rings is 1. The van der Waals surface area contributed by atoms with Crippen LogP contribution < -0.4 is 0 Å². The predicted molar refractivity (Wildman–Crippen MR) is 61.4 cm³/mol. The van der Waals surface area contributed by atoms with Crippen LogP contribution in [0.3, 0.4) is 0 Å². The zero-order valence-electron chi connectivity index (χ0n) is 10.5. The summed E-state index contributed by atoms with van der Waals surface area (Å²) in [6.45, 7) is 6.31. The van der Waals surface area contributed by atoms with Gasteiger partial charge in [-0.05, 0) is 33.6 Å². The molecule has 0 bridgehead atoms. The van der Waals surface area contributed by atoms with Crippen molar-refractivity contribution in [2.24, 2.45) is 0 Å². The van der Waals surface area contributed by atoms with Gasteiger partial charge in [-0.1, -0.05) is 0 Å². The molecular formula is C12H18N2O3. The number of carbonyl (C=O) groups is 1. The largest absolute Gasteiger partial charge is 0.446 e. The third kappa shape index (κ3) is 2.78. The average molecular weight is 238 g/mol. The highest BCUT2D eigenvalue weighted by atomic mass is 16.6. The maximum atomic E-state index is 12.0. The molecule has 1 amide bonds. The van der Waals surface area contributed by atoms with Crippen molar-refractivity contribution in [3.8, 4) is 0 Å². The minimum absolute atomic E-state index is 0.0349. The van der Waals surface area contributed by atoms with Crippen molar-refractivity contribution in [3.05, 3.63) is 18.4 Å². The van der Waals surface area contributed by atoms with E-state index in [9.17, 15) is 4.79 Å². The second-order valence-corrected chi connectivity index (χ2v) is 5.24. The highest BCUT2D eigenvalue weighted by Crippen LogP contribution is 2.32. The molecule has 5 heteroatoms. The van der Waals surface area contributed by atoms with Gasteiger partial charge >= 0.3 is 6.09 Å². The number of carbonyl (C=O) groups excluding carboxylic acids is 1. The van der Waals surface area contributed by atoms with Crippen LogP contribution in [0.15, 0.2) is 17.0 Å². The summed E-state index contributed by atoms with van der Waals surface area (Å²) >= 11 is 0. The standard InChI is InChI=1S/C12H18N2O3/c1-12(2,3)17-11(15)14-6-4-5-9(14)10-7-13-8-16-10/h7-9H,4-6H2,1-3H3/t9-/m1/s1. The lowest BCUT2D eigenvalue weighted by molar-refractivity contribution is 0.0208. The van der Waals surface area contributed by atoms with Crippen LogP contribution in [0, 0.1) is 0 Å². The molecule has 1 aromatic rings. The molecule has 2 rings (SSSR count). The van der Waals surface area contributed by atoms with E-state index in [1.807, 2.05) is 20.8 Å². The van der Waals surface area contributed by atoms with Crippen molar-refractivity contribution < 1.29 is 13.9 Å². The minimum atomic E-state index is -0.467. The van der Waals surface area contributed by atoms with Gasteiger partial charge in [-0.3, -0.25) is 4.90 Å². The third-order valence-corrected chi connectivity index (χ3v) is 2.66. The van der Waals surface area contributed by atoms with E-state index in [0.29, 0.717) is 6.54 Å². The fourth-order valence-electron chi connectivity index (χ4n) is 1.99. The summed E-state index contributed by atoms with van der Waals surface area (Å²) in [5.74, 6) is 0.730. The summed E-state index contributed by atoms with van der Waals surface area (Å²) in [5, 5.41) is 0. The van der Waals surface area contributed by atoms with Crippen LogP contribution in [0.25, 0.3) is 0 Å². The Labute approximate surface area is 101 Å². The van der Waals surface area contributed by atoms with Crippen LogP contribution in [0.5, 0.6) is 0 Å². The Morgan fingerprint density at radius 1 is 1.59 bits per heavy atom. The fourth-order valence-corrected chi connectivity index (χ4v) is 1.99. The fraction of sp³-hybridized carbons (Fsp3) is 0.667. The van der Waals surface area contributed by atoms with Crippen molar-refractivity contribution >= 4 is 6.09 Å². The molecule has 1 atom stereocenters. The SMILES string of the molecule is CC(C)(C)OC(=O)N1CCC[C@@H]1c1cnco1. The molecule has 0 unspecified atom stereocenters. The molecular weight excluding hydrogens is 220 g/mol. The summed E-state index contributed by atoms with van der Waals surface area (Å²) in [4.78, 5) is 17.6. The van der Waals surface area contributed by atoms with Crippen molar-refractivity contribution in [1.29, 1.82) is 0 Å². The Hall–Kier alpha value is -1.52. The normalized spacial score (nSPS) is 20.6. The summed E-state index contributed by atoms with van der Waals surface area (Å²) in [6, 6.07) is -0.0349. The lowest BCUT2D eigenvalue weighted by atomic mass is 10.2. The smallest absolute Gasteiger partial charge is 0.410 e. The number of likely N-dealkylation sites (tertiary alicyclic amines) is 1. The zero-order chi connectivity index (χ0) is 12.5. The van der Waals surface area contributed by atoms with Gasteiger partial charge in [-0.2, -0.15) is 0 Å². The highest BCUT2D eigenvalue weighted by molar-refractivity contribution is 5.69. The number of ether oxygens (including phenoxy) is 1. The molecule has 94 valence electrons. The van der Waals surface area contributed by atoms with Gasteiger partial charge in [-0.15, -0.1) is 0 Å². The van der Waals surface area contributed by atoms with E-state index in [1.165, 1.54) is 6.39 Å². The van der Waals surface area contributed by atoms with Gasteiger partial charge in [0.25, 0.3) is 0 Å². The monoisotopic (exact) mass is 238 g/mol. The molecule has 17 heavy (non-hydrogen) atoms. The molecule has 0 aromatic carbocycles. The Kier molecular flexibility index (Phi) is 3.09. The molecule has 0 radical (unpaired) electrons. The molecule has 5 nitrogen and oxygen atoms in total. The van der Waals surface area contributed by atoms with Gasteiger partial charge in [0.2, 0.25) is 0 Å². The molecule has 0 spiro atoms. The number of rotatable bonds is 1. The number of aromatic nitrogens is 1. The molecule has 0 aliphatic carbocycles. The molecule has 1 aliphatic heterocycles. The van der Waals surface area contributed by atoms with E-state index < -0.39 is 5.60 Å². The average Bonchev–Trinajstić information content (AvgIpc) is 2.85. The summed E-state index contributed by atoms with van der Waals surface area (Å²) in [5.41, 5.74) is -0.467.